The minimum Gasteiger partial charge on any atom is -0.352 e. The van der Waals surface area contributed by atoms with Crippen LogP contribution in [0.5, 0.6) is 0 Å². The quantitative estimate of drug-likeness (QED) is 0.774. The standard InChI is InChI=1S/C24H27FN2O2S/c1-24(2,3)17-9-7-15(8-10-17)22(29)27-20(21(28)26-19-11-12-19)14-30-23(27)16-5-4-6-18(25)13-16/h4-10,13,19-20,23H,11-12,14H2,1-3H3,(H,26,28)/t20-,23-/m0/s1. The second kappa shape index (κ2) is 8.06. The van der Waals surface area contributed by atoms with Crippen molar-refractivity contribution < 1.29 is 14.0 Å². The normalized spacial score (nSPS) is 21.5. The predicted molar refractivity (Wildman–Crippen MR) is 118 cm³/mol. The average molecular weight is 427 g/mol. The molecule has 30 heavy (non-hydrogen) atoms. The van der Waals surface area contributed by atoms with Gasteiger partial charge in [-0.2, -0.15) is 0 Å². The maximum Gasteiger partial charge on any atom is 0.255 e. The van der Waals surface area contributed by atoms with Crippen molar-refractivity contribution in [2.24, 2.45) is 0 Å². The third-order valence-electron chi connectivity index (χ3n) is 5.59. The minimum absolute atomic E-state index is 0.0120. The number of nitrogens with zero attached hydrogens (tertiary/aromatic N) is 1. The van der Waals surface area contributed by atoms with E-state index in [2.05, 4.69) is 26.1 Å². The molecule has 1 aliphatic heterocycles. The molecule has 158 valence electrons. The number of benzene rings is 2. The van der Waals surface area contributed by atoms with E-state index in [9.17, 15) is 14.0 Å². The molecule has 1 saturated heterocycles. The van der Waals surface area contributed by atoms with Gasteiger partial charge in [0.05, 0.1) is 0 Å². The van der Waals surface area contributed by atoms with Crippen LogP contribution in [0.4, 0.5) is 4.39 Å². The third kappa shape index (κ3) is 4.38. The fourth-order valence-corrected chi connectivity index (χ4v) is 5.08. The Bertz CT molecular complexity index is 950. The Labute approximate surface area is 181 Å². The van der Waals surface area contributed by atoms with Crippen molar-refractivity contribution in [3.63, 3.8) is 0 Å². The van der Waals surface area contributed by atoms with Crippen LogP contribution in [0.3, 0.4) is 0 Å². The largest absolute Gasteiger partial charge is 0.352 e. The second-order valence-electron chi connectivity index (χ2n) is 9.08. The zero-order valence-electron chi connectivity index (χ0n) is 17.5. The first kappa shape index (κ1) is 20.9. The maximum atomic E-state index is 13.9. The Hall–Kier alpha value is -2.34. The van der Waals surface area contributed by atoms with E-state index in [1.165, 1.54) is 23.9 Å². The van der Waals surface area contributed by atoms with Gasteiger partial charge in [-0.3, -0.25) is 9.59 Å². The maximum absolute atomic E-state index is 13.9. The van der Waals surface area contributed by atoms with E-state index in [1.54, 1.807) is 11.0 Å². The van der Waals surface area contributed by atoms with Crippen molar-refractivity contribution in [1.82, 2.24) is 10.2 Å². The molecule has 0 radical (unpaired) electrons. The van der Waals surface area contributed by atoms with Gasteiger partial charge in [0.2, 0.25) is 5.91 Å². The number of hydrogen-bond acceptors (Lipinski definition) is 3. The lowest BCUT2D eigenvalue weighted by Crippen LogP contribution is -2.48. The summed E-state index contributed by atoms with van der Waals surface area (Å²) in [5.74, 6) is -0.180. The van der Waals surface area contributed by atoms with Crippen LogP contribution in [-0.2, 0) is 10.2 Å². The summed E-state index contributed by atoms with van der Waals surface area (Å²) < 4.78 is 13.9. The number of hydrogen-bond donors (Lipinski definition) is 1. The number of carbonyl (C=O) groups is 2. The molecule has 1 saturated carbocycles. The van der Waals surface area contributed by atoms with Crippen molar-refractivity contribution in [1.29, 1.82) is 0 Å². The summed E-state index contributed by atoms with van der Waals surface area (Å²) in [6.45, 7) is 6.37. The number of thioether (sulfide) groups is 1. The molecule has 4 nitrogen and oxygen atoms in total. The zero-order chi connectivity index (χ0) is 21.5. The Morgan fingerprint density at radius 2 is 1.80 bits per heavy atom. The van der Waals surface area contributed by atoms with E-state index in [0.717, 1.165) is 18.4 Å². The molecule has 6 heteroatoms. The van der Waals surface area contributed by atoms with E-state index in [-0.39, 0.29) is 29.1 Å². The summed E-state index contributed by atoms with van der Waals surface area (Å²) >= 11 is 1.50. The summed E-state index contributed by atoms with van der Waals surface area (Å²) in [6, 6.07) is 13.5. The topological polar surface area (TPSA) is 49.4 Å². The number of carbonyl (C=O) groups excluding carboxylic acids is 2. The average Bonchev–Trinajstić information content (AvgIpc) is 3.40. The molecule has 1 heterocycles. The van der Waals surface area contributed by atoms with Gasteiger partial charge in [-0.15, -0.1) is 11.8 Å². The molecule has 0 unspecified atom stereocenters. The van der Waals surface area contributed by atoms with Gasteiger partial charge in [0.1, 0.15) is 17.2 Å². The first-order chi connectivity index (χ1) is 14.2. The smallest absolute Gasteiger partial charge is 0.255 e. The predicted octanol–water partition coefficient (Wildman–Crippen LogP) is 4.66. The Balaban J connectivity index is 1.65. The van der Waals surface area contributed by atoms with Crippen LogP contribution in [0.1, 0.15) is 60.5 Å². The van der Waals surface area contributed by atoms with E-state index in [4.69, 9.17) is 0 Å². The SMILES string of the molecule is CC(C)(C)c1ccc(C(=O)N2[C@H](C(=O)NC3CC3)CS[C@H]2c2cccc(F)c2)cc1. The van der Waals surface area contributed by atoms with Gasteiger partial charge in [-0.1, -0.05) is 45.0 Å². The molecule has 2 aliphatic rings. The summed E-state index contributed by atoms with van der Waals surface area (Å²) in [5.41, 5.74) is 2.36. The Morgan fingerprint density at radius 3 is 2.40 bits per heavy atom. The van der Waals surface area contributed by atoms with Gasteiger partial charge in [0.15, 0.2) is 0 Å². The Kier molecular flexibility index (Phi) is 5.62. The van der Waals surface area contributed by atoms with Crippen molar-refractivity contribution >= 4 is 23.6 Å². The molecule has 0 spiro atoms. The van der Waals surface area contributed by atoms with E-state index < -0.39 is 11.4 Å². The molecule has 2 amide bonds. The van der Waals surface area contributed by atoms with Gasteiger partial charge in [0, 0.05) is 17.4 Å². The van der Waals surface area contributed by atoms with Crippen LogP contribution >= 0.6 is 11.8 Å². The molecule has 1 N–H and O–H groups in total. The highest BCUT2D eigenvalue weighted by molar-refractivity contribution is 7.99. The molecule has 2 aromatic rings. The monoisotopic (exact) mass is 426 g/mol. The van der Waals surface area contributed by atoms with Crippen molar-refractivity contribution in [3.05, 3.63) is 71.0 Å². The molecular weight excluding hydrogens is 399 g/mol. The first-order valence-electron chi connectivity index (χ1n) is 10.3. The van der Waals surface area contributed by atoms with Crippen molar-refractivity contribution in [3.8, 4) is 0 Å². The van der Waals surface area contributed by atoms with E-state index >= 15 is 0 Å². The van der Waals surface area contributed by atoms with Gasteiger partial charge >= 0.3 is 0 Å². The van der Waals surface area contributed by atoms with Gasteiger partial charge in [0.25, 0.3) is 5.91 Å². The lowest BCUT2D eigenvalue weighted by Gasteiger charge is -2.29. The summed E-state index contributed by atoms with van der Waals surface area (Å²) in [7, 11) is 0. The number of amides is 2. The van der Waals surface area contributed by atoms with Crippen molar-refractivity contribution in [2.45, 2.75) is 56.5 Å². The molecule has 0 aromatic heterocycles. The fraction of sp³-hybridized carbons (Fsp3) is 0.417. The highest BCUT2D eigenvalue weighted by Gasteiger charge is 2.43. The highest BCUT2D eigenvalue weighted by Crippen LogP contribution is 2.42. The minimum atomic E-state index is -0.571. The van der Waals surface area contributed by atoms with Crippen LogP contribution in [0, 0.1) is 5.82 Å². The number of rotatable bonds is 4. The molecule has 2 fully saturated rings. The zero-order valence-corrected chi connectivity index (χ0v) is 18.3. The fourth-order valence-electron chi connectivity index (χ4n) is 3.66. The Morgan fingerprint density at radius 1 is 1.10 bits per heavy atom. The van der Waals surface area contributed by atoms with Crippen LogP contribution in [-0.4, -0.2) is 34.6 Å². The van der Waals surface area contributed by atoms with Crippen molar-refractivity contribution in [2.75, 3.05) is 5.75 Å². The lowest BCUT2D eigenvalue weighted by atomic mass is 9.86. The van der Waals surface area contributed by atoms with E-state index in [1.807, 2.05) is 30.3 Å². The summed E-state index contributed by atoms with van der Waals surface area (Å²) in [6.07, 6.45) is 1.97. The van der Waals surface area contributed by atoms with Gasteiger partial charge in [-0.25, -0.2) is 4.39 Å². The third-order valence-corrected chi connectivity index (χ3v) is 6.92. The second-order valence-corrected chi connectivity index (χ2v) is 10.2. The molecule has 2 aromatic carbocycles. The van der Waals surface area contributed by atoms with Crippen LogP contribution in [0.15, 0.2) is 48.5 Å². The van der Waals surface area contributed by atoms with Crippen LogP contribution in [0.2, 0.25) is 0 Å². The molecule has 4 rings (SSSR count). The molecule has 2 atom stereocenters. The summed E-state index contributed by atoms with van der Waals surface area (Å²) in [5, 5.41) is 2.63. The number of halogens is 1. The lowest BCUT2D eigenvalue weighted by molar-refractivity contribution is -0.125. The van der Waals surface area contributed by atoms with Crippen LogP contribution < -0.4 is 5.32 Å². The van der Waals surface area contributed by atoms with E-state index in [0.29, 0.717) is 16.9 Å². The highest BCUT2D eigenvalue weighted by atomic mass is 32.2. The van der Waals surface area contributed by atoms with Gasteiger partial charge in [-0.05, 0) is 53.6 Å². The molecular formula is C24H27FN2O2S. The molecule has 0 bridgehead atoms. The number of nitrogens with one attached hydrogen (secondary N) is 1. The summed E-state index contributed by atoms with van der Waals surface area (Å²) in [4.78, 5) is 28.0. The first-order valence-corrected chi connectivity index (χ1v) is 11.4. The van der Waals surface area contributed by atoms with Gasteiger partial charge < -0.3 is 10.2 Å². The molecule has 1 aliphatic carbocycles. The van der Waals surface area contributed by atoms with Crippen LogP contribution in [0.25, 0.3) is 0 Å².